The second kappa shape index (κ2) is 9.56. The summed E-state index contributed by atoms with van der Waals surface area (Å²) in [4.78, 5) is 0. The van der Waals surface area contributed by atoms with Gasteiger partial charge in [-0.25, -0.2) is 0 Å². The van der Waals surface area contributed by atoms with Crippen LogP contribution in [0.1, 0.15) is 51.9 Å². The van der Waals surface area contributed by atoms with Crippen molar-refractivity contribution in [3.8, 4) is 12.3 Å². The normalized spacial score (nSPS) is 9.45. The molecule has 0 saturated carbocycles. The Morgan fingerprint density at radius 3 is 2.36 bits per heavy atom. The number of terminal acetylenes is 1. The lowest BCUT2D eigenvalue weighted by molar-refractivity contribution is 0.618. The molecule has 0 fully saturated rings. The quantitative estimate of drug-likeness (QED) is 0.385. The highest BCUT2D eigenvalue weighted by Crippen LogP contribution is 2.07. The monoisotopic (exact) mass is 151 g/mol. The van der Waals surface area contributed by atoms with Gasteiger partial charge in [-0.3, -0.25) is 0 Å². The third-order valence-electron chi connectivity index (χ3n) is 1.81. The molecule has 0 saturated heterocycles. The molecule has 0 unspecified atom stereocenters. The standard InChI is InChI=1S/C11H19/c1-3-5-7-9-11-10-8-6-4-2/h1,4H,5-11H2,2H3. The van der Waals surface area contributed by atoms with Gasteiger partial charge in [-0.15, -0.1) is 12.3 Å². The van der Waals surface area contributed by atoms with Crippen LogP contribution in [-0.4, -0.2) is 0 Å². The molecule has 1 radical (unpaired) electrons. The number of rotatable bonds is 7. The zero-order valence-electron chi connectivity index (χ0n) is 7.60. The summed E-state index contributed by atoms with van der Waals surface area (Å²) < 4.78 is 0. The van der Waals surface area contributed by atoms with Crippen molar-refractivity contribution in [2.75, 3.05) is 0 Å². The summed E-state index contributed by atoms with van der Waals surface area (Å²) in [5.74, 6) is 2.66. The minimum atomic E-state index is 0.958. The van der Waals surface area contributed by atoms with Crippen molar-refractivity contribution in [3.63, 3.8) is 0 Å². The van der Waals surface area contributed by atoms with Gasteiger partial charge in [-0.1, -0.05) is 39.0 Å². The Morgan fingerprint density at radius 1 is 1.09 bits per heavy atom. The molecule has 0 aliphatic rings. The van der Waals surface area contributed by atoms with Gasteiger partial charge in [0.05, 0.1) is 0 Å². The molecule has 0 amide bonds. The fraction of sp³-hybridized carbons (Fsp3) is 0.727. The van der Waals surface area contributed by atoms with Gasteiger partial charge < -0.3 is 0 Å². The summed E-state index contributed by atoms with van der Waals surface area (Å²) in [6.07, 6.45) is 16.2. The first-order valence-electron chi connectivity index (χ1n) is 4.63. The molecule has 0 nitrogen and oxygen atoms in total. The lowest BCUT2D eigenvalue weighted by Gasteiger charge is -1.97. The Kier molecular flexibility index (Phi) is 9.18. The molecule has 0 aromatic rings. The van der Waals surface area contributed by atoms with Crippen LogP contribution in [-0.2, 0) is 0 Å². The number of hydrogen-bond donors (Lipinski definition) is 0. The maximum Gasteiger partial charge on any atom is 0.00860 e. The van der Waals surface area contributed by atoms with Crippen molar-refractivity contribution in [2.24, 2.45) is 0 Å². The molecule has 0 N–H and O–H groups in total. The maximum absolute atomic E-state index is 5.14. The zero-order valence-corrected chi connectivity index (χ0v) is 7.60. The molecular weight excluding hydrogens is 132 g/mol. The fourth-order valence-corrected chi connectivity index (χ4v) is 1.11. The maximum atomic E-state index is 5.14. The molecule has 0 atom stereocenters. The molecule has 0 spiro atoms. The highest BCUT2D eigenvalue weighted by atomic mass is 13.9. The van der Waals surface area contributed by atoms with Crippen molar-refractivity contribution in [2.45, 2.75) is 51.9 Å². The van der Waals surface area contributed by atoms with Gasteiger partial charge in [-0.2, -0.15) is 0 Å². The van der Waals surface area contributed by atoms with Crippen molar-refractivity contribution in [1.82, 2.24) is 0 Å². The van der Waals surface area contributed by atoms with E-state index in [1.165, 1.54) is 38.5 Å². The predicted molar refractivity (Wildman–Crippen MR) is 51.1 cm³/mol. The second-order valence-corrected chi connectivity index (χ2v) is 2.92. The lowest BCUT2D eigenvalue weighted by atomic mass is 10.1. The van der Waals surface area contributed by atoms with Crippen LogP contribution in [0.25, 0.3) is 0 Å². The first kappa shape index (κ1) is 10.6. The minimum absolute atomic E-state index is 0.958. The van der Waals surface area contributed by atoms with Crippen molar-refractivity contribution in [3.05, 3.63) is 6.42 Å². The summed E-state index contributed by atoms with van der Waals surface area (Å²) in [6, 6.07) is 0. The molecular formula is C11H19. The number of hydrogen-bond acceptors (Lipinski definition) is 0. The van der Waals surface area contributed by atoms with E-state index in [4.69, 9.17) is 6.42 Å². The van der Waals surface area contributed by atoms with Crippen LogP contribution in [0.2, 0.25) is 0 Å². The molecule has 63 valence electrons. The van der Waals surface area contributed by atoms with E-state index in [1.54, 1.807) is 0 Å². The highest BCUT2D eigenvalue weighted by Gasteiger charge is 1.88. The van der Waals surface area contributed by atoms with Crippen LogP contribution in [0, 0.1) is 18.8 Å². The van der Waals surface area contributed by atoms with Gasteiger partial charge in [-0.05, 0) is 12.8 Å². The molecule has 0 rings (SSSR count). The van der Waals surface area contributed by atoms with Gasteiger partial charge in [0.2, 0.25) is 0 Å². The molecule has 0 heterocycles. The van der Waals surface area contributed by atoms with E-state index < -0.39 is 0 Å². The second-order valence-electron chi connectivity index (χ2n) is 2.92. The third-order valence-corrected chi connectivity index (χ3v) is 1.81. The van der Waals surface area contributed by atoms with Crippen LogP contribution in [0.3, 0.4) is 0 Å². The topological polar surface area (TPSA) is 0 Å². The van der Waals surface area contributed by atoms with Gasteiger partial charge in [0.15, 0.2) is 0 Å². The van der Waals surface area contributed by atoms with Gasteiger partial charge in [0, 0.05) is 6.42 Å². The minimum Gasteiger partial charge on any atom is -0.120 e. The van der Waals surface area contributed by atoms with E-state index in [2.05, 4.69) is 19.3 Å². The average molecular weight is 151 g/mol. The van der Waals surface area contributed by atoms with E-state index in [9.17, 15) is 0 Å². The molecule has 0 aliphatic heterocycles. The summed E-state index contributed by atoms with van der Waals surface area (Å²) in [7, 11) is 0. The first-order chi connectivity index (χ1) is 5.41. The van der Waals surface area contributed by atoms with Gasteiger partial charge in [0.25, 0.3) is 0 Å². The largest absolute Gasteiger partial charge is 0.120 e. The molecule has 0 aliphatic carbocycles. The van der Waals surface area contributed by atoms with E-state index in [0.29, 0.717) is 0 Å². The van der Waals surface area contributed by atoms with Crippen molar-refractivity contribution in [1.29, 1.82) is 0 Å². The van der Waals surface area contributed by atoms with Crippen LogP contribution in [0.4, 0.5) is 0 Å². The summed E-state index contributed by atoms with van der Waals surface area (Å²) in [6.45, 7) is 2.12. The summed E-state index contributed by atoms with van der Waals surface area (Å²) in [5.41, 5.74) is 0. The van der Waals surface area contributed by atoms with Crippen LogP contribution in [0.5, 0.6) is 0 Å². The van der Waals surface area contributed by atoms with E-state index in [1.807, 2.05) is 0 Å². The van der Waals surface area contributed by atoms with E-state index in [-0.39, 0.29) is 0 Å². The Bertz CT molecular complexity index is 97.1. The average Bonchev–Trinajstić information content (AvgIpc) is 2.03. The third kappa shape index (κ3) is 9.56. The Balaban J connectivity index is 2.75. The van der Waals surface area contributed by atoms with Crippen LogP contribution < -0.4 is 0 Å². The Labute approximate surface area is 71.4 Å². The lowest BCUT2D eigenvalue weighted by Crippen LogP contribution is -1.78. The SMILES string of the molecule is C#CCCCCCCC[CH]C. The first-order valence-corrected chi connectivity index (χ1v) is 4.63. The van der Waals surface area contributed by atoms with E-state index >= 15 is 0 Å². The Morgan fingerprint density at radius 2 is 1.73 bits per heavy atom. The van der Waals surface area contributed by atoms with Crippen LogP contribution >= 0.6 is 0 Å². The van der Waals surface area contributed by atoms with Crippen LogP contribution in [0.15, 0.2) is 0 Å². The Hall–Kier alpha value is -0.440. The molecule has 0 heteroatoms. The summed E-state index contributed by atoms with van der Waals surface area (Å²) in [5, 5.41) is 0. The van der Waals surface area contributed by atoms with Gasteiger partial charge >= 0.3 is 0 Å². The molecule has 0 bridgehead atoms. The fourth-order valence-electron chi connectivity index (χ4n) is 1.11. The number of unbranched alkanes of at least 4 members (excludes halogenated alkanes) is 7. The molecule has 11 heavy (non-hydrogen) atoms. The zero-order chi connectivity index (χ0) is 8.36. The van der Waals surface area contributed by atoms with E-state index in [0.717, 1.165) is 6.42 Å². The molecule has 0 aromatic heterocycles. The van der Waals surface area contributed by atoms with Crippen molar-refractivity contribution >= 4 is 0 Å². The smallest absolute Gasteiger partial charge is 0.00860 e. The molecule has 0 aromatic carbocycles. The predicted octanol–water partition coefficient (Wildman–Crippen LogP) is 3.57. The summed E-state index contributed by atoms with van der Waals surface area (Å²) >= 11 is 0. The van der Waals surface area contributed by atoms with Gasteiger partial charge in [0.1, 0.15) is 0 Å². The van der Waals surface area contributed by atoms with Crippen molar-refractivity contribution < 1.29 is 0 Å². The highest BCUT2D eigenvalue weighted by molar-refractivity contribution is 4.82.